The highest BCUT2D eigenvalue weighted by Crippen LogP contribution is 2.10. The Morgan fingerprint density at radius 3 is 2.83 bits per heavy atom. The van der Waals surface area contributed by atoms with Crippen molar-refractivity contribution in [3.8, 4) is 5.82 Å². The molecule has 0 spiro atoms. The molecule has 0 atom stereocenters. The van der Waals surface area contributed by atoms with Crippen molar-refractivity contribution in [1.82, 2.24) is 19.5 Å². The van der Waals surface area contributed by atoms with E-state index in [0.29, 0.717) is 17.1 Å². The molecule has 3 aromatic heterocycles. The highest BCUT2D eigenvalue weighted by molar-refractivity contribution is 5.90. The van der Waals surface area contributed by atoms with E-state index in [1.54, 1.807) is 61.5 Å². The lowest BCUT2D eigenvalue weighted by molar-refractivity contribution is 0.0469. The van der Waals surface area contributed by atoms with Crippen molar-refractivity contribution < 1.29 is 9.53 Å². The summed E-state index contributed by atoms with van der Waals surface area (Å²) in [5.74, 6) is 0.0279. The van der Waals surface area contributed by atoms with Crippen LogP contribution in [0.3, 0.4) is 0 Å². The van der Waals surface area contributed by atoms with Crippen molar-refractivity contribution in [1.29, 1.82) is 0 Å². The van der Waals surface area contributed by atoms with E-state index >= 15 is 0 Å². The normalized spacial score (nSPS) is 10.6. The Morgan fingerprint density at radius 1 is 1.29 bits per heavy atom. The first kappa shape index (κ1) is 15.7. The van der Waals surface area contributed by atoms with Crippen LogP contribution in [-0.4, -0.2) is 25.5 Å². The number of esters is 1. The van der Waals surface area contributed by atoms with Crippen LogP contribution >= 0.6 is 0 Å². The van der Waals surface area contributed by atoms with Gasteiger partial charge in [0, 0.05) is 24.3 Å². The van der Waals surface area contributed by atoms with Crippen molar-refractivity contribution in [2.75, 3.05) is 0 Å². The second-order valence-electron chi connectivity index (χ2n) is 5.41. The number of H-pyrrole nitrogens is 1. The highest BCUT2D eigenvalue weighted by Gasteiger charge is 2.16. The first-order valence-electron chi connectivity index (χ1n) is 7.35. The molecule has 0 fully saturated rings. The number of aromatic amines is 1. The fourth-order valence-corrected chi connectivity index (χ4v) is 2.41. The Morgan fingerprint density at radius 2 is 2.12 bits per heavy atom. The minimum atomic E-state index is -0.644. The van der Waals surface area contributed by atoms with Crippen LogP contribution in [0.25, 0.3) is 5.82 Å². The third-order valence-corrected chi connectivity index (χ3v) is 3.52. The summed E-state index contributed by atoms with van der Waals surface area (Å²) in [7, 11) is 0. The maximum absolute atomic E-state index is 12.2. The standard InChI is InChI=1S/C17H16N4O3/c1-11-7-12(2)20-16(22)15(11)17(23)24-9-13-3-4-19-14(8-13)21-6-5-18-10-21/h3-8,10H,9H2,1-2H3,(H,20,22). The largest absolute Gasteiger partial charge is 0.457 e. The SMILES string of the molecule is Cc1cc(C)c(C(=O)OCc2ccnc(-n3ccnc3)c2)c(=O)[nH]1. The Kier molecular flexibility index (Phi) is 4.24. The Bertz CT molecular complexity index is 929. The van der Waals surface area contributed by atoms with Gasteiger partial charge in [0.15, 0.2) is 0 Å². The van der Waals surface area contributed by atoms with Gasteiger partial charge in [0.2, 0.25) is 0 Å². The number of pyridine rings is 2. The predicted octanol–water partition coefficient (Wildman–Crippen LogP) is 1.93. The minimum absolute atomic E-state index is 0.0319. The van der Waals surface area contributed by atoms with Crippen molar-refractivity contribution in [3.63, 3.8) is 0 Å². The third kappa shape index (κ3) is 3.24. The molecule has 0 saturated carbocycles. The molecule has 3 aromatic rings. The molecule has 1 N–H and O–H groups in total. The first-order valence-corrected chi connectivity index (χ1v) is 7.35. The summed E-state index contributed by atoms with van der Waals surface area (Å²) in [5, 5.41) is 0. The summed E-state index contributed by atoms with van der Waals surface area (Å²) in [6.07, 6.45) is 6.68. The Balaban J connectivity index is 1.76. The molecule has 3 heterocycles. The highest BCUT2D eigenvalue weighted by atomic mass is 16.5. The Hall–Kier alpha value is -3.22. The summed E-state index contributed by atoms with van der Waals surface area (Å²) in [4.78, 5) is 35.0. The number of aromatic nitrogens is 4. The molecule has 122 valence electrons. The molecule has 0 aliphatic heterocycles. The topological polar surface area (TPSA) is 89.9 Å². The zero-order chi connectivity index (χ0) is 17.1. The van der Waals surface area contributed by atoms with Gasteiger partial charge in [-0.1, -0.05) is 0 Å². The van der Waals surface area contributed by atoms with E-state index < -0.39 is 11.5 Å². The van der Waals surface area contributed by atoms with E-state index in [-0.39, 0.29) is 12.2 Å². The summed E-state index contributed by atoms with van der Waals surface area (Å²) >= 11 is 0. The predicted molar refractivity (Wildman–Crippen MR) is 87.0 cm³/mol. The average Bonchev–Trinajstić information content (AvgIpc) is 3.07. The fraction of sp³-hybridized carbons (Fsp3) is 0.176. The van der Waals surface area contributed by atoms with Crippen LogP contribution in [0.1, 0.15) is 27.2 Å². The van der Waals surface area contributed by atoms with E-state index in [0.717, 1.165) is 5.56 Å². The lowest BCUT2D eigenvalue weighted by Crippen LogP contribution is -2.22. The number of nitrogens with zero attached hydrogens (tertiary/aromatic N) is 3. The van der Waals surface area contributed by atoms with Gasteiger partial charge in [-0.3, -0.25) is 9.36 Å². The van der Waals surface area contributed by atoms with Gasteiger partial charge in [0.1, 0.15) is 24.3 Å². The molecule has 7 heteroatoms. The summed E-state index contributed by atoms with van der Waals surface area (Å²) in [6.45, 7) is 3.52. The molecule has 0 unspecified atom stereocenters. The smallest absolute Gasteiger partial charge is 0.344 e. The first-order chi connectivity index (χ1) is 11.5. The van der Waals surface area contributed by atoms with Crippen LogP contribution in [0, 0.1) is 13.8 Å². The molecule has 0 radical (unpaired) electrons. The number of imidazole rings is 1. The second kappa shape index (κ2) is 6.49. The monoisotopic (exact) mass is 324 g/mol. The van der Waals surface area contributed by atoms with Gasteiger partial charge in [0.25, 0.3) is 5.56 Å². The van der Waals surface area contributed by atoms with Gasteiger partial charge in [0.05, 0.1) is 0 Å². The Labute approximate surface area is 138 Å². The molecule has 7 nitrogen and oxygen atoms in total. The molecule has 0 aliphatic carbocycles. The number of rotatable bonds is 4. The molecular weight excluding hydrogens is 308 g/mol. The maximum Gasteiger partial charge on any atom is 0.344 e. The van der Waals surface area contributed by atoms with E-state index in [4.69, 9.17) is 4.74 Å². The summed E-state index contributed by atoms with van der Waals surface area (Å²) in [5.41, 5.74) is 1.65. The number of carbonyl (C=O) groups excluding carboxylic acids is 1. The maximum atomic E-state index is 12.2. The summed E-state index contributed by atoms with van der Waals surface area (Å²) < 4.78 is 7.03. The van der Waals surface area contributed by atoms with E-state index in [1.165, 1.54) is 0 Å². The van der Waals surface area contributed by atoms with Crippen LogP contribution < -0.4 is 5.56 Å². The van der Waals surface area contributed by atoms with Crippen molar-refractivity contribution in [2.45, 2.75) is 20.5 Å². The van der Waals surface area contributed by atoms with Gasteiger partial charge in [-0.2, -0.15) is 0 Å². The van der Waals surface area contributed by atoms with Gasteiger partial charge in [-0.05, 0) is 43.2 Å². The number of ether oxygens (including phenoxy) is 1. The number of aryl methyl sites for hydroxylation is 2. The molecule has 24 heavy (non-hydrogen) atoms. The van der Waals surface area contributed by atoms with Gasteiger partial charge >= 0.3 is 5.97 Å². The number of hydrogen-bond acceptors (Lipinski definition) is 5. The minimum Gasteiger partial charge on any atom is -0.457 e. The van der Waals surface area contributed by atoms with E-state index in [9.17, 15) is 9.59 Å². The van der Waals surface area contributed by atoms with Crippen LogP contribution in [0.15, 0.2) is 47.9 Å². The number of hydrogen-bond donors (Lipinski definition) is 1. The average molecular weight is 324 g/mol. The van der Waals surface area contributed by atoms with Crippen molar-refractivity contribution in [2.24, 2.45) is 0 Å². The fourth-order valence-electron chi connectivity index (χ4n) is 2.41. The van der Waals surface area contributed by atoms with Crippen LogP contribution in [0.4, 0.5) is 0 Å². The third-order valence-electron chi connectivity index (χ3n) is 3.52. The zero-order valence-electron chi connectivity index (χ0n) is 13.3. The van der Waals surface area contributed by atoms with Gasteiger partial charge in [-0.15, -0.1) is 0 Å². The van der Waals surface area contributed by atoms with Crippen LogP contribution in [0.5, 0.6) is 0 Å². The number of carbonyl (C=O) groups is 1. The van der Waals surface area contributed by atoms with E-state index in [2.05, 4.69) is 15.0 Å². The molecule has 3 rings (SSSR count). The molecule has 0 aliphatic rings. The van der Waals surface area contributed by atoms with Crippen molar-refractivity contribution in [3.05, 3.63) is 75.9 Å². The molecule has 0 amide bonds. The van der Waals surface area contributed by atoms with E-state index in [1.807, 2.05) is 0 Å². The van der Waals surface area contributed by atoms with Crippen LogP contribution in [0.2, 0.25) is 0 Å². The van der Waals surface area contributed by atoms with Crippen molar-refractivity contribution >= 4 is 5.97 Å². The second-order valence-corrected chi connectivity index (χ2v) is 5.41. The molecule has 0 aromatic carbocycles. The zero-order valence-corrected chi connectivity index (χ0v) is 13.3. The lowest BCUT2D eigenvalue weighted by Gasteiger charge is -2.08. The molecular formula is C17H16N4O3. The van der Waals surface area contributed by atoms with Gasteiger partial charge in [-0.25, -0.2) is 14.8 Å². The molecule has 0 saturated heterocycles. The van der Waals surface area contributed by atoms with Crippen LogP contribution in [-0.2, 0) is 11.3 Å². The summed E-state index contributed by atoms with van der Waals surface area (Å²) in [6, 6.07) is 5.28. The lowest BCUT2D eigenvalue weighted by atomic mass is 10.1. The van der Waals surface area contributed by atoms with Gasteiger partial charge < -0.3 is 9.72 Å². The molecule has 0 bridgehead atoms. The number of nitrogens with one attached hydrogen (secondary N) is 1. The quantitative estimate of drug-likeness (QED) is 0.741.